The highest BCUT2D eigenvalue weighted by molar-refractivity contribution is 5.22. The van der Waals surface area contributed by atoms with Gasteiger partial charge in [-0.2, -0.15) is 0 Å². The van der Waals surface area contributed by atoms with E-state index in [9.17, 15) is 13.9 Å². The summed E-state index contributed by atoms with van der Waals surface area (Å²) in [7, 11) is 0. The highest BCUT2D eigenvalue weighted by Gasteiger charge is 2.26. The Morgan fingerprint density at radius 2 is 2.16 bits per heavy atom. The molecule has 0 amide bonds. The summed E-state index contributed by atoms with van der Waals surface area (Å²) in [6.45, 7) is 2.59. The van der Waals surface area contributed by atoms with Crippen molar-refractivity contribution in [2.75, 3.05) is 6.54 Å². The van der Waals surface area contributed by atoms with Crippen LogP contribution in [0.3, 0.4) is 0 Å². The average Bonchev–Trinajstić information content (AvgIpc) is 2.80. The summed E-state index contributed by atoms with van der Waals surface area (Å²) < 4.78 is 26.9. The molecule has 3 unspecified atom stereocenters. The van der Waals surface area contributed by atoms with Crippen molar-refractivity contribution in [2.45, 2.75) is 44.8 Å². The molecule has 0 saturated heterocycles. The van der Waals surface area contributed by atoms with Gasteiger partial charge in [-0.1, -0.05) is 13.3 Å². The van der Waals surface area contributed by atoms with Crippen molar-refractivity contribution >= 4 is 0 Å². The van der Waals surface area contributed by atoms with Crippen LogP contribution in [0.25, 0.3) is 0 Å². The van der Waals surface area contributed by atoms with Gasteiger partial charge in [0.2, 0.25) is 0 Å². The molecule has 2 N–H and O–H groups in total. The topological polar surface area (TPSA) is 32.3 Å². The molecule has 1 saturated carbocycles. The molecule has 106 valence electrons. The molecular weight excluding hydrogens is 248 g/mol. The Labute approximate surface area is 112 Å². The SMILES string of the molecule is CCC(NCC1CCCC1O)c1cc(F)ccc1F. The zero-order valence-electron chi connectivity index (χ0n) is 11.2. The summed E-state index contributed by atoms with van der Waals surface area (Å²) in [4.78, 5) is 0. The molecule has 0 radical (unpaired) electrons. The molecule has 1 aliphatic carbocycles. The van der Waals surface area contributed by atoms with Gasteiger partial charge >= 0.3 is 0 Å². The molecule has 1 aromatic rings. The van der Waals surface area contributed by atoms with E-state index in [-0.39, 0.29) is 23.9 Å². The third kappa shape index (κ3) is 3.51. The second-order valence-electron chi connectivity index (χ2n) is 5.29. The van der Waals surface area contributed by atoms with Gasteiger partial charge in [-0.15, -0.1) is 0 Å². The number of hydrogen-bond acceptors (Lipinski definition) is 2. The van der Waals surface area contributed by atoms with Gasteiger partial charge in [-0.25, -0.2) is 8.78 Å². The van der Waals surface area contributed by atoms with E-state index in [1.54, 1.807) is 0 Å². The first-order valence-corrected chi connectivity index (χ1v) is 6.98. The summed E-state index contributed by atoms with van der Waals surface area (Å²) in [6, 6.07) is 3.34. The van der Waals surface area contributed by atoms with Crippen LogP contribution in [0, 0.1) is 17.6 Å². The fourth-order valence-electron chi connectivity index (χ4n) is 2.80. The van der Waals surface area contributed by atoms with Gasteiger partial charge in [0.1, 0.15) is 11.6 Å². The fraction of sp³-hybridized carbons (Fsp3) is 0.600. The minimum atomic E-state index is -0.419. The van der Waals surface area contributed by atoms with E-state index in [1.807, 2.05) is 6.92 Å². The molecule has 4 heteroatoms. The number of aliphatic hydroxyl groups is 1. The van der Waals surface area contributed by atoms with Crippen molar-refractivity contribution in [2.24, 2.45) is 5.92 Å². The maximum absolute atomic E-state index is 13.7. The summed E-state index contributed by atoms with van der Waals surface area (Å²) in [5.41, 5.74) is 0.370. The Morgan fingerprint density at radius 3 is 2.79 bits per heavy atom. The Kier molecular flexibility index (Phi) is 4.88. The zero-order chi connectivity index (χ0) is 13.8. The maximum Gasteiger partial charge on any atom is 0.128 e. The van der Waals surface area contributed by atoms with Crippen LogP contribution >= 0.6 is 0 Å². The van der Waals surface area contributed by atoms with E-state index >= 15 is 0 Å². The first-order chi connectivity index (χ1) is 9.11. The number of aliphatic hydroxyl groups excluding tert-OH is 1. The normalized spacial score (nSPS) is 24.6. The Balaban J connectivity index is 2.01. The van der Waals surface area contributed by atoms with Crippen LogP contribution in [0.1, 0.15) is 44.2 Å². The zero-order valence-corrected chi connectivity index (χ0v) is 11.2. The maximum atomic E-state index is 13.7. The fourth-order valence-corrected chi connectivity index (χ4v) is 2.80. The lowest BCUT2D eigenvalue weighted by Gasteiger charge is -2.22. The molecule has 3 atom stereocenters. The van der Waals surface area contributed by atoms with Crippen LogP contribution < -0.4 is 5.32 Å². The van der Waals surface area contributed by atoms with Crippen LogP contribution in [0.2, 0.25) is 0 Å². The van der Waals surface area contributed by atoms with Crippen molar-refractivity contribution < 1.29 is 13.9 Å². The first-order valence-electron chi connectivity index (χ1n) is 6.98. The smallest absolute Gasteiger partial charge is 0.128 e. The molecule has 0 aliphatic heterocycles. The molecule has 1 aromatic carbocycles. The highest BCUT2D eigenvalue weighted by atomic mass is 19.1. The monoisotopic (exact) mass is 269 g/mol. The van der Waals surface area contributed by atoms with Gasteiger partial charge in [0.05, 0.1) is 6.10 Å². The average molecular weight is 269 g/mol. The van der Waals surface area contributed by atoms with Crippen molar-refractivity contribution in [3.8, 4) is 0 Å². The molecule has 2 nitrogen and oxygen atoms in total. The van der Waals surface area contributed by atoms with Gasteiger partial charge in [0, 0.05) is 18.2 Å². The number of halogens is 2. The number of nitrogens with one attached hydrogen (secondary N) is 1. The van der Waals surface area contributed by atoms with E-state index in [0.29, 0.717) is 18.5 Å². The number of rotatable bonds is 5. The summed E-state index contributed by atoms with van der Waals surface area (Å²) in [5, 5.41) is 13.0. The Bertz CT molecular complexity index is 425. The van der Waals surface area contributed by atoms with Crippen LogP contribution in [0.5, 0.6) is 0 Å². The minimum Gasteiger partial charge on any atom is -0.393 e. The van der Waals surface area contributed by atoms with Crippen molar-refractivity contribution in [3.05, 3.63) is 35.4 Å². The first kappa shape index (κ1) is 14.4. The predicted octanol–water partition coefficient (Wildman–Crippen LogP) is 3.17. The lowest BCUT2D eigenvalue weighted by atomic mass is 10.0. The summed E-state index contributed by atoms with van der Waals surface area (Å²) in [5.74, 6) is -0.573. The van der Waals surface area contributed by atoms with E-state index in [0.717, 1.165) is 25.3 Å². The standard InChI is InChI=1S/C15H21F2NO/c1-2-14(12-8-11(16)6-7-13(12)17)18-9-10-4-3-5-15(10)19/h6-8,10,14-15,18-19H,2-5,9H2,1H3. The molecule has 0 bridgehead atoms. The molecule has 1 fully saturated rings. The van der Waals surface area contributed by atoms with Gasteiger partial charge in [0.15, 0.2) is 0 Å². The second-order valence-corrected chi connectivity index (χ2v) is 5.29. The van der Waals surface area contributed by atoms with Crippen LogP contribution in [-0.4, -0.2) is 17.8 Å². The largest absolute Gasteiger partial charge is 0.393 e. The van der Waals surface area contributed by atoms with Gasteiger partial charge in [0.25, 0.3) is 0 Å². The van der Waals surface area contributed by atoms with Gasteiger partial charge < -0.3 is 10.4 Å². The summed E-state index contributed by atoms with van der Waals surface area (Å²) >= 11 is 0. The number of hydrogen-bond donors (Lipinski definition) is 2. The lowest BCUT2D eigenvalue weighted by molar-refractivity contribution is 0.129. The van der Waals surface area contributed by atoms with Gasteiger partial charge in [-0.3, -0.25) is 0 Å². The van der Waals surface area contributed by atoms with Crippen LogP contribution in [0.15, 0.2) is 18.2 Å². The molecule has 2 rings (SSSR count). The minimum absolute atomic E-state index is 0.205. The number of benzene rings is 1. The summed E-state index contributed by atoms with van der Waals surface area (Å²) in [6.07, 6.45) is 3.30. The highest BCUT2D eigenvalue weighted by Crippen LogP contribution is 2.27. The molecule has 0 aromatic heterocycles. The van der Waals surface area contributed by atoms with Crippen molar-refractivity contribution in [1.82, 2.24) is 5.32 Å². The van der Waals surface area contributed by atoms with E-state index < -0.39 is 5.82 Å². The molecule has 1 aliphatic rings. The molecule has 0 heterocycles. The third-order valence-electron chi connectivity index (χ3n) is 3.99. The van der Waals surface area contributed by atoms with E-state index in [1.165, 1.54) is 12.1 Å². The van der Waals surface area contributed by atoms with E-state index in [2.05, 4.69) is 5.32 Å². The Morgan fingerprint density at radius 1 is 1.37 bits per heavy atom. The molecular formula is C15H21F2NO. The van der Waals surface area contributed by atoms with Crippen LogP contribution in [0.4, 0.5) is 8.78 Å². The quantitative estimate of drug-likeness (QED) is 0.860. The third-order valence-corrected chi connectivity index (χ3v) is 3.99. The van der Waals surface area contributed by atoms with E-state index in [4.69, 9.17) is 0 Å². The molecule has 0 spiro atoms. The van der Waals surface area contributed by atoms with Crippen LogP contribution in [-0.2, 0) is 0 Å². The van der Waals surface area contributed by atoms with Gasteiger partial charge in [-0.05, 0) is 43.4 Å². The predicted molar refractivity (Wildman–Crippen MR) is 70.7 cm³/mol. The molecule has 19 heavy (non-hydrogen) atoms. The Hall–Kier alpha value is -1.00. The van der Waals surface area contributed by atoms with Crippen molar-refractivity contribution in [3.63, 3.8) is 0 Å². The van der Waals surface area contributed by atoms with Crippen molar-refractivity contribution in [1.29, 1.82) is 0 Å². The lowest BCUT2D eigenvalue weighted by Crippen LogP contribution is -2.31. The second kappa shape index (κ2) is 6.44.